The molecule has 0 N–H and O–H groups in total. The van der Waals surface area contributed by atoms with Crippen molar-refractivity contribution in [1.29, 1.82) is 0 Å². The van der Waals surface area contributed by atoms with Crippen molar-refractivity contribution in [2.75, 3.05) is 53.1 Å². The summed E-state index contributed by atoms with van der Waals surface area (Å²) >= 11 is 0. The van der Waals surface area contributed by atoms with E-state index in [1.807, 2.05) is 4.90 Å². The van der Waals surface area contributed by atoms with Crippen LogP contribution in [0.25, 0.3) is 0 Å². The summed E-state index contributed by atoms with van der Waals surface area (Å²) in [6.07, 6.45) is 5.67. The highest BCUT2D eigenvalue weighted by Gasteiger charge is 2.29. The van der Waals surface area contributed by atoms with Crippen LogP contribution in [0.15, 0.2) is 0 Å². The fourth-order valence-electron chi connectivity index (χ4n) is 3.18. The van der Waals surface area contributed by atoms with Crippen LogP contribution in [0.4, 0.5) is 0 Å². The van der Waals surface area contributed by atoms with Crippen LogP contribution < -0.4 is 0 Å². The van der Waals surface area contributed by atoms with Crippen LogP contribution in [0.1, 0.15) is 32.1 Å². The Balaban J connectivity index is 1.68. The van der Waals surface area contributed by atoms with Crippen molar-refractivity contribution in [1.82, 2.24) is 9.80 Å². The third kappa shape index (κ3) is 4.95. The predicted molar refractivity (Wildman–Crippen MR) is 82.4 cm³/mol. The molecule has 0 aromatic carbocycles. The Hall–Kier alpha value is -1.14. The average Bonchev–Trinajstić information content (AvgIpc) is 2.59. The van der Waals surface area contributed by atoms with Crippen LogP contribution in [-0.2, 0) is 19.1 Å². The molecule has 126 valence electrons. The molecule has 1 aliphatic heterocycles. The van der Waals surface area contributed by atoms with E-state index in [0.717, 1.165) is 12.8 Å². The Labute approximate surface area is 132 Å². The van der Waals surface area contributed by atoms with Crippen molar-refractivity contribution in [2.24, 2.45) is 5.92 Å². The summed E-state index contributed by atoms with van der Waals surface area (Å²) < 4.78 is 10.1. The van der Waals surface area contributed by atoms with Gasteiger partial charge in [0.2, 0.25) is 11.8 Å². The lowest BCUT2D eigenvalue weighted by Gasteiger charge is -2.37. The molecule has 2 amide bonds. The first-order chi connectivity index (χ1) is 10.7. The third-order valence-electron chi connectivity index (χ3n) is 4.56. The monoisotopic (exact) mass is 312 g/mol. The number of nitrogens with zero attached hydrogens (tertiary/aromatic N) is 2. The number of carbonyl (C=O) groups excluding carboxylic acids is 2. The number of carbonyl (C=O) groups is 2. The van der Waals surface area contributed by atoms with Gasteiger partial charge in [0, 0.05) is 39.2 Å². The predicted octanol–water partition coefficient (Wildman–Crippen LogP) is 0.901. The van der Waals surface area contributed by atoms with Crippen LogP contribution >= 0.6 is 0 Å². The molecule has 1 saturated carbocycles. The Bertz CT molecular complexity index is 361. The van der Waals surface area contributed by atoms with E-state index < -0.39 is 0 Å². The zero-order valence-corrected chi connectivity index (χ0v) is 13.6. The van der Waals surface area contributed by atoms with Gasteiger partial charge in [0.25, 0.3) is 0 Å². The topological polar surface area (TPSA) is 59.1 Å². The second-order valence-corrected chi connectivity index (χ2v) is 6.09. The lowest BCUT2D eigenvalue weighted by Crippen LogP contribution is -2.52. The molecule has 0 bridgehead atoms. The molecule has 0 unspecified atom stereocenters. The van der Waals surface area contributed by atoms with E-state index in [1.54, 1.807) is 12.0 Å². The molecule has 22 heavy (non-hydrogen) atoms. The van der Waals surface area contributed by atoms with Crippen molar-refractivity contribution in [3.8, 4) is 0 Å². The number of hydrogen-bond donors (Lipinski definition) is 0. The minimum absolute atomic E-state index is 0.000804. The largest absolute Gasteiger partial charge is 0.382 e. The van der Waals surface area contributed by atoms with Gasteiger partial charge in [-0.1, -0.05) is 19.3 Å². The Kier molecular flexibility index (Phi) is 7.12. The highest BCUT2D eigenvalue weighted by Crippen LogP contribution is 2.25. The number of hydrogen-bond acceptors (Lipinski definition) is 4. The normalized spacial score (nSPS) is 20.2. The van der Waals surface area contributed by atoms with Gasteiger partial charge in [-0.3, -0.25) is 9.59 Å². The molecular formula is C16H28N2O4. The fraction of sp³-hybridized carbons (Fsp3) is 0.875. The maximum Gasteiger partial charge on any atom is 0.248 e. The summed E-state index contributed by atoms with van der Waals surface area (Å²) in [5.74, 6) is 0.511. The van der Waals surface area contributed by atoms with E-state index in [1.165, 1.54) is 19.3 Å². The van der Waals surface area contributed by atoms with Gasteiger partial charge in [-0.25, -0.2) is 0 Å². The van der Waals surface area contributed by atoms with Crippen LogP contribution in [0, 0.1) is 5.92 Å². The summed E-state index contributed by atoms with van der Waals surface area (Å²) in [7, 11) is 1.60. The van der Waals surface area contributed by atoms with Crippen LogP contribution in [0.2, 0.25) is 0 Å². The molecule has 2 fully saturated rings. The second-order valence-electron chi connectivity index (χ2n) is 6.09. The molecule has 2 aliphatic rings. The fourth-order valence-corrected chi connectivity index (χ4v) is 3.18. The van der Waals surface area contributed by atoms with E-state index in [0.29, 0.717) is 45.3 Å². The molecule has 6 nitrogen and oxygen atoms in total. The van der Waals surface area contributed by atoms with Crippen LogP contribution in [-0.4, -0.2) is 74.7 Å². The van der Waals surface area contributed by atoms with Gasteiger partial charge in [-0.2, -0.15) is 0 Å². The van der Waals surface area contributed by atoms with Crippen molar-refractivity contribution >= 4 is 11.8 Å². The third-order valence-corrected chi connectivity index (χ3v) is 4.56. The number of amides is 2. The summed E-state index contributed by atoms with van der Waals surface area (Å²) in [5.41, 5.74) is 0. The number of piperazine rings is 1. The van der Waals surface area contributed by atoms with Crippen LogP contribution in [0.5, 0.6) is 0 Å². The lowest BCUT2D eigenvalue weighted by molar-refractivity contribution is -0.145. The van der Waals surface area contributed by atoms with Crippen molar-refractivity contribution in [3.63, 3.8) is 0 Å². The van der Waals surface area contributed by atoms with Gasteiger partial charge in [-0.05, 0) is 12.8 Å². The summed E-state index contributed by atoms with van der Waals surface area (Å²) in [5, 5.41) is 0. The van der Waals surface area contributed by atoms with E-state index in [-0.39, 0.29) is 18.4 Å². The average molecular weight is 312 g/mol. The molecule has 0 aromatic heterocycles. The number of ether oxygens (including phenoxy) is 2. The highest BCUT2D eigenvalue weighted by atomic mass is 16.5. The molecule has 1 heterocycles. The summed E-state index contributed by atoms with van der Waals surface area (Å²) in [6, 6.07) is 0. The molecule has 0 radical (unpaired) electrons. The molecule has 0 atom stereocenters. The standard InChI is InChI=1S/C16H28N2O4/c1-21-11-12-22-13-15(19)17-7-9-18(10-8-17)16(20)14-5-3-2-4-6-14/h14H,2-13H2,1H3. The minimum Gasteiger partial charge on any atom is -0.382 e. The minimum atomic E-state index is 0.000804. The molecule has 6 heteroatoms. The van der Waals surface area contributed by atoms with Gasteiger partial charge in [0.15, 0.2) is 0 Å². The highest BCUT2D eigenvalue weighted by molar-refractivity contribution is 5.80. The molecule has 2 rings (SSSR count). The van der Waals surface area contributed by atoms with E-state index >= 15 is 0 Å². The first-order valence-electron chi connectivity index (χ1n) is 8.35. The second kappa shape index (κ2) is 9.10. The zero-order valence-electron chi connectivity index (χ0n) is 13.6. The summed E-state index contributed by atoms with van der Waals surface area (Å²) in [6.45, 7) is 3.56. The summed E-state index contributed by atoms with van der Waals surface area (Å²) in [4.78, 5) is 28.2. The maximum absolute atomic E-state index is 12.5. The first kappa shape index (κ1) is 17.2. The van der Waals surface area contributed by atoms with Crippen molar-refractivity contribution in [2.45, 2.75) is 32.1 Å². The van der Waals surface area contributed by atoms with Gasteiger partial charge in [0.05, 0.1) is 13.2 Å². The van der Waals surface area contributed by atoms with E-state index in [2.05, 4.69) is 0 Å². The molecule has 0 aromatic rings. The van der Waals surface area contributed by atoms with Crippen LogP contribution in [0.3, 0.4) is 0 Å². The van der Waals surface area contributed by atoms with E-state index in [9.17, 15) is 9.59 Å². The molecule has 1 aliphatic carbocycles. The molecule has 1 saturated heterocycles. The number of rotatable bonds is 6. The van der Waals surface area contributed by atoms with Gasteiger partial charge >= 0.3 is 0 Å². The van der Waals surface area contributed by atoms with Crippen molar-refractivity contribution < 1.29 is 19.1 Å². The first-order valence-corrected chi connectivity index (χ1v) is 8.35. The quantitative estimate of drug-likeness (QED) is 0.684. The van der Waals surface area contributed by atoms with Gasteiger partial charge in [-0.15, -0.1) is 0 Å². The number of methoxy groups -OCH3 is 1. The van der Waals surface area contributed by atoms with Gasteiger partial charge in [0.1, 0.15) is 6.61 Å². The van der Waals surface area contributed by atoms with E-state index in [4.69, 9.17) is 9.47 Å². The zero-order chi connectivity index (χ0) is 15.8. The van der Waals surface area contributed by atoms with Gasteiger partial charge < -0.3 is 19.3 Å². The smallest absolute Gasteiger partial charge is 0.248 e. The maximum atomic E-state index is 12.5. The molecule has 0 spiro atoms. The van der Waals surface area contributed by atoms with Crippen molar-refractivity contribution in [3.05, 3.63) is 0 Å². The SMILES string of the molecule is COCCOCC(=O)N1CCN(C(=O)C2CCCCC2)CC1. The Morgan fingerprint density at radius 3 is 2.23 bits per heavy atom. The Morgan fingerprint density at radius 2 is 1.59 bits per heavy atom. The Morgan fingerprint density at radius 1 is 0.955 bits per heavy atom. The molecular weight excluding hydrogens is 284 g/mol. The lowest BCUT2D eigenvalue weighted by atomic mass is 9.88.